The van der Waals surface area contributed by atoms with E-state index < -0.39 is 5.82 Å². The predicted octanol–water partition coefficient (Wildman–Crippen LogP) is 2.92. The maximum atomic E-state index is 13.3. The summed E-state index contributed by atoms with van der Waals surface area (Å²) in [7, 11) is 0. The molecule has 2 aromatic heterocycles. The second-order valence-electron chi connectivity index (χ2n) is 5.55. The van der Waals surface area contributed by atoms with Gasteiger partial charge < -0.3 is 15.4 Å². The Morgan fingerprint density at radius 1 is 1.04 bits per heavy atom. The number of nitrogens with zero attached hydrogens (tertiary/aromatic N) is 3. The van der Waals surface area contributed by atoms with Gasteiger partial charge in [0.15, 0.2) is 0 Å². The van der Waals surface area contributed by atoms with E-state index in [1.807, 2.05) is 0 Å². The van der Waals surface area contributed by atoms with E-state index in [1.165, 1.54) is 12.1 Å². The number of nitrogens with one attached hydrogen (secondary N) is 2. The standard InChI is InChI=1S/C19H18FN5O2/c20-15-5-1-6-16(12-15)27-18-14(4-2-8-21-18)13-25-17(26)7-11-24-19-22-9-3-10-23-19/h1-6,8-10,12H,7,11,13H2,(H,25,26)(H,22,23,24). The maximum absolute atomic E-state index is 13.3. The van der Waals surface area contributed by atoms with Crippen molar-refractivity contribution in [3.8, 4) is 11.6 Å². The molecule has 3 rings (SSSR count). The van der Waals surface area contributed by atoms with Crippen molar-refractivity contribution < 1.29 is 13.9 Å². The van der Waals surface area contributed by atoms with Gasteiger partial charge in [0.2, 0.25) is 17.7 Å². The first-order chi connectivity index (χ1) is 13.2. The topological polar surface area (TPSA) is 89.0 Å². The van der Waals surface area contributed by atoms with Crippen LogP contribution in [0.1, 0.15) is 12.0 Å². The van der Waals surface area contributed by atoms with Crippen LogP contribution in [0, 0.1) is 5.82 Å². The summed E-state index contributed by atoms with van der Waals surface area (Å²) in [4.78, 5) is 24.2. The molecule has 0 fully saturated rings. The molecule has 0 saturated carbocycles. The van der Waals surface area contributed by atoms with E-state index in [-0.39, 0.29) is 18.9 Å². The molecule has 3 aromatic rings. The van der Waals surface area contributed by atoms with Crippen molar-refractivity contribution in [1.82, 2.24) is 20.3 Å². The van der Waals surface area contributed by atoms with Crippen molar-refractivity contribution in [2.45, 2.75) is 13.0 Å². The van der Waals surface area contributed by atoms with Crippen LogP contribution in [0.5, 0.6) is 11.6 Å². The summed E-state index contributed by atoms with van der Waals surface area (Å²) < 4.78 is 18.9. The number of benzene rings is 1. The van der Waals surface area contributed by atoms with Crippen LogP contribution in [0.2, 0.25) is 0 Å². The molecule has 1 aromatic carbocycles. The molecule has 2 heterocycles. The lowest BCUT2D eigenvalue weighted by atomic mass is 10.2. The van der Waals surface area contributed by atoms with Crippen LogP contribution < -0.4 is 15.4 Å². The first-order valence-corrected chi connectivity index (χ1v) is 8.35. The fourth-order valence-electron chi connectivity index (χ4n) is 2.25. The largest absolute Gasteiger partial charge is 0.439 e. The minimum atomic E-state index is -0.395. The number of hydrogen-bond acceptors (Lipinski definition) is 6. The second kappa shape index (κ2) is 9.23. The van der Waals surface area contributed by atoms with Crippen molar-refractivity contribution in [2.24, 2.45) is 0 Å². The van der Waals surface area contributed by atoms with Crippen LogP contribution in [0.3, 0.4) is 0 Å². The minimum Gasteiger partial charge on any atom is -0.439 e. The molecule has 0 atom stereocenters. The predicted molar refractivity (Wildman–Crippen MR) is 97.7 cm³/mol. The molecule has 27 heavy (non-hydrogen) atoms. The zero-order valence-corrected chi connectivity index (χ0v) is 14.4. The lowest BCUT2D eigenvalue weighted by Gasteiger charge is -2.11. The average Bonchev–Trinajstić information content (AvgIpc) is 2.68. The van der Waals surface area contributed by atoms with Crippen molar-refractivity contribution in [1.29, 1.82) is 0 Å². The molecule has 0 aliphatic rings. The highest BCUT2D eigenvalue weighted by Gasteiger charge is 2.09. The summed E-state index contributed by atoms with van der Waals surface area (Å²) in [5, 5.41) is 5.78. The van der Waals surface area contributed by atoms with Gasteiger partial charge in [-0.3, -0.25) is 4.79 Å². The Morgan fingerprint density at radius 2 is 1.85 bits per heavy atom. The number of amides is 1. The number of pyridine rings is 1. The highest BCUT2D eigenvalue weighted by Crippen LogP contribution is 2.23. The minimum absolute atomic E-state index is 0.140. The fraction of sp³-hybridized carbons (Fsp3) is 0.158. The Morgan fingerprint density at radius 3 is 2.67 bits per heavy atom. The number of carbonyl (C=O) groups is 1. The highest BCUT2D eigenvalue weighted by molar-refractivity contribution is 5.76. The van der Waals surface area contributed by atoms with Crippen LogP contribution in [-0.4, -0.2) is 27.4 Å². The molecule has 8 heteroatoms. The molecule has 0 unspecified atom stereocenters. The van der Waals surface area contributed by atoms with Crippen LogP contribution in [0.15, 0.2) is 61.1 Å². The third kappa shape index (κ3) is 5.74. The summed E-state index contributed by atoms with van der Waals surface area (Å²) in [5.74, 6) is 0.600. The molecular weight excluding hydrogens is 349 g/mol. The normalized spacial score (nSPS) is 10.3. The number of hydrogen-bond donors (Lipinski definition) is 2. The molecule has 138 valence electrons. The zero-order chi connectivity index (χ0) is 18.9. The number of carbonyl (C=O) groups excluding carboxylic acids is 1. The maximum Gasteiger partial charge on any atom is 0.224 e. The monoisotopic (exact) mass is 367 g/mol. The Kier molecular flexibility index (Phi) is 6.24. The van der Waals surface area contributed by atoms with Crippen LogP contribution in [0.4, 0.5) is 10.3 Å². The van der Waals surface area contributed by atoms with E-state index in [2.05, 4.69) is 25.6 Å². The third-order valence-corrected chi connectivity index (χ3v) is 3.54. The Bertz CT molecular complexity index is 892. The summed E-state index contributed by atoms with van der Waals surface area (Å²) in [6.45, 7) is 0.661. The molecule has 0 aliphatic carbocycles. The summed E-state index contributed by atoms with van der Waals surface area (Å²) >= 11 is 0. The van der Waals surface area contributed by atoms with Crippen LogP contribution >= 0.6 is 0 Å². The fourth-order valence-corrected chi connectivity index (χ4v) is 2.25. The van der Waals surface area contributed by atoms with E-state index in [0.717, 1.165) is 0 Å². The van der Waals surface area contributed by atoms with Gasteiger partial charge in [0.25, 0.3) is 0 Å². The first kappa shape index (κ1) is 18.2. The number of anilines is 1. The summed E-state index contributed by atoms with van der Waals surface area (Å²) in [6.07, 6.45) is 5.08. The molecule has 0 aliphatic heterocycles. The summed E-state index contributed by atoms with van der Waals surface area (Å²) in [6, 6.07) is 11.0. The lowest BCUT2D eigenvalue weighted by molar-refractivity contribution is -0.121. The highest BCUT2D eigenvalue weighted by atomic mass is 19.1. The van der Waals surface area contributed by atoms with Crippen molar-refractivity contribution >= 4 is 11.9 Å². The van der Waals surface area contributed by atoms with E-state index in [0.29, 0.717) is 29.7 Å². The van der Waals surface area contributed by atoms with Gasteiger partial charge >= 0.3 is 0 Å². The van der Waals surface area contributed by atoms with E-state index in [9.17, 15) is 9.18 Å². The Hall–Kier alpha value is -3.55. The molecule has 0 spiro atoms. The molecular formula is C19H18FN5O2. The molecule has 0 radical (unpaired) electrons. The number of rotatable bonds is 8. The molecule has 1 amide bonds. The SMILES string of the molecule is O=C(CCNc1ncccn1)NCc1cccnc1Oc1cccc(F)c1. The Labute approximate surface area is 155 Å². The average molecular weight is 367 g/mol. The van der Waals surface area contributed by atoms with Gasteiger partial charge in [-0.25, -0.2) is 19.3 Å². The summed E-state index contributed by atoms with van der Waals surface area (Å²) in [5.41, 5.74) is 0.689. The van der Waals surface area contributed by atoms with Crippen LogP contribution in [0.25, 0.3) is 0 Å². The lowest BCUT2D eigenvalue weighted by Crippen LogP contribution is -2.25. The van der Waals surface area contributed by atoms with Gasteiger partial charge in [0, 0.05) is 49.7 Å². The third-order valence-electron chi connectivity index (χ3n) is 3.54. The van der Waals surface area contributed by atoms with E-state index in [1.54, 1.807) is 48.9 Å². The molecule has 7 nitrogen and oxygen atoms in total. The first-order valence-electron chi connectivity index (χ1n) is 8.35. The van der Waals surface area contributed by atoms with Gasteiger partial charge in [-0.2, -0.15) is 0 Å². The Balaban J connectivity index is 1.51. The molecule has 0 bridgehead atoms. The van der Waals surface area contributed by atoms with E-state index in [4.69, 9.17) is 4.74 Å². The second-order valence-corrected chi connectivity index (χ2v) is 5.55. The van der Waals surface area contributed by atoms with Crippen molar-refractivity contribution in [3.05, 3.63) is 72.4 Å². The zero-order valence-electron chi connectivity index (χ0n) is 14.4. The molecule has 2 N–H and O–H groups in total. The smallest absolute Gasteiger partial charge is 0.224 e. The van der Waals surface area contributed by atoms with Gasteiger partial charge in [-0.1, -0.05) is 12.1 Å². The van der Waals surface area contributed by atoms with Gasteiger partial charge in [0.05, 0.1) is 0 Å². The van der Waals surface area contributed by atoms with Crippen LogP contribution in [-0.2, 0) is 11.3 Å². The molecule has 0 saturated heterocycles. The van der Waals surface area contributed by atoms with Crippen molar-refractivity contribution in [3.63, 3.8) is 0 Å². The van der Waals surface area contributed by atoms with E-state index >= 15 is 0 Å². The van der Waals surface area contributed by atoms with Crippen molar-refractivity contribution in [2.75, 3.05) is 11.9 Å². The van der Waals surface area contributed by atoms with Gasteiger partial charge in [-0.05, 0) is 24.3 Å². The number of halogens is 1. The number of ether oxygens (including phenoxy) is 1. The quantitative estimate of drug-likeness (QED) is 0.636. The number of aromatic nitrogens is 3. The van der Waals surface area contributed by atoms with Gasteiger partial charge in [0.1, 0.15) is 11.6 Å². The van der Waals surface area contributed by atoms with Gasteiger partial charge in [-0.15, -0.1) is 0 Å².